The van der Waals surface area contributed by atoms with Crippen LogP contribution in [0.1, 0.15) is 40.0 Å². The molecular weight excluding hydrogens is 320 g/mol. The van der Waals surface area contributed by atoms with Gasteiger partial charge in [-0.15, -0.1) is 0 Å². The molecule has 0 aromatic heterocycles. The van der Waals surface area contributed by atoms with Gasteiger partial charge < -0.3 is 19.3 Å². The van der Waals surface area contributed by atoms with Crippen molar-refractivity contribution in [3.63, 3.8) is 0 Å². The molecular formula is C16H22O8. The van der Waals surface area contributed by atoms with E-state index in [1.165, 1.54) is 20.8 Å². The summed E-state index contributed by atoms with van der Waals surface area (Å²) in [6, 6.07) is 0. The van der Waals surface area contributed by atoms with Crippen LogP contribution in [0.4, 0.5) is 0 Å². The molecule has 0 bridgehead atoms. The van der Waals surface area contributed by atoms with E-state index in [9.17, 15) is 24.3 Å². The van der Waals surface area contributed by atoms with Gasteiger partial charge in [-0.05, 0) is 26.8 Å². The second-order valence-corrected chi connectivity index (χ2v) is 5.59. The quantitative estimate of drug-likeness (QED) is 0.498. The minimum absolute atomic E-state index is 0.142. The van der Waals surface area contributed by atoms with Crippen molar-refractivity contribution in [2.45, 2.75) is 64.4 Å². The lowest BCUT2D eigenvalue weighted by Gasteiger charge is -2.18. The summed E-state index contributed by atoms with van der Waals surface area (Å²) in [6.45, 7) is 4.36. The highest BCUT2D eigenvalue weighted by Crippen LogP contribution is 2.09. The van der Waals surface area contributed by atoms with Crippen LogP contribution < -0.4 is 0 Å². The van der Waals surface area contributed by atoms with Crippen molar-refractivity contribution in [2.75, 3.05) is 0 Å². The topological polar surface area (TPSA) is 116 Å². The summed E-state index contributed by atoms with van der Waals surface area (Å²) >= 11 is 0. The fourth-order valence-corrected chi connectivity index (χ4v) is 1.92. The molecule has 4 atom stereocenters. The molecule has 0 amide bonds. The Morgan fingerprint density at radius 3 is 2.29 bits per heavy atom. The molecule has 134 valence electrons. The zero-order valence-electron chi connectivity index (χ0n) is 13.9. The van der Waals surface area contributed by atoms with E-state index in [1.807, 2.05) is 0 Å². The lowest BCUT2D eigenvalue weighted by atomic mass is 10.1. The van der Waals surface area contributed by atoms with Crippen molar-refractivity contribution in [3.05, 3.63) is 12.2 Å². The molecule has 0 fully saturated rings. The standard InChI is InChI=1S/C16H22O8/c1-9-8-16(21)24-11(3)13(18)5-7-15(20)23-10(2)12(17)4-6-14(19)22-9/h4,6,9-12,17H,5,7-8H2,1-3H3/b6-4+/t9?,10?,11?,12-/m1/s1. The lowest BCUT2D eigenvalue weighted by molar-refractivity contribution is -0.159. The van der Waals surface area contributed by atoms with Gasteiger partial charge in [0.2, 0.25) is 0 Å². The fraction of sp³-hybridized carbons (Fsp3) is 0.625. The summed E-state index contributed by atoms with van der Waals surface area (Å²) in [6.07, 6.45) is -2.28. The molecule has 1 aliphatic heterocycles. The molecule has 24 heavy (non-hydrogen) atoms. The van der Waals surface area contributed by atoms with E-state index in [0.717, 1.165) is 12.2 Å². The molecule has 0 saturated carbocycles. The number of hydrogen-bond donors (Lipinski definition) is 1. The first-order valence-corrected chi connectivity index (χ1v) is 7.67. The van der Waals surface area contributed by atoms with E-state index in [1.54, 1.807) is 0 Å². The number of hydrogen-bond acceptors (Lipinski definition) is 8. The van der Waals surface area contributed by atoms with Crippen molar-refractivity contribution in [1.29, 1.82) is 0 Å². The summed E-state index contributed by atoms with van der Waals surface area (Å²) in [5.41, 5.74) is 0. The Bertz CT molecular complexity index is 524. The maximum atomic E-state index is 11.8. The summed E-state index contributed by atoms with van der Waals surface area (Å²) in [7, 11) is 0. The van der Waals surface area contributed by atoms with Gasteiger partial charge in [-0.1, -0.05) is 0 Å². The van der Waals surface area contributed by atoms with Gasteiger partial charge in [0.25, 0.3) is 0 Å². The minimum Gasteiger partial charge on any atom is -0.460 e. The number of aliphatic hydroxyl groups is 1. The zero-order valence-corrected chi connectivity index (χ0v) is 13.9. The monoisotopic (exact) mass is 342 g/mol. The Kier molecular flexibility index (Phi) is 7.57. The van der Waals surface area contributed by atoms with Gasteiger partial charge in [0.1, 0.15) is 18.3 Å². The number of ether oxygens (including phenoxy) is 3. The summed E-state index contributed by atoms with van der Waals surface area (Å²) in [4.78, 5) is 46.8. The maximum Gasteiger partial charge on any atom is 0.330 e. The Morgan fingerprint density at radius 2 is 1.62 bits per heavy atom. The third kappa shape index (κ3) is 6.91. The van der Waals surface area contributed by atoms with E-state index in [0.29, 0.717) is 0 Å². The summed E-state index contributed by atoms with van der Waals surface area (Å²) < 4.78 is 14.9. The number of cyclic esters (lactones) is 3. The largest absolute Gasteiger partial charge is 0.460 e. The number of esters is 3. The Morgan fingerprint density at radius 1 is 0.958 bits per heavy atom. The van der Waals surface area contributed by atoms with Crippen LogP contribution in [0.25, 0.3) is 0 Å². The molecule has 0 aromatic carbocycles. The molecule has 0 saturated heterocycles. The van der Waals surface area contributed by atoms with Crippen molar-refractivity contribution in [2.24, 2.45) is 0 Å². The van der Waals surface area contributed by atoms with Gasteiger partial charge in [-0.3, -0.25) is 14.4 Å². The summed E-state index contributed by atoms with van der Waals surface area (Å²) in [5, 5.41) is 9.81. The van der Waals surface area contributed by atoms with Crippen molar-refractivity contribution >= 4 is 23.7 Å². The predicted octanol–water partition coefficient (Wildman–Crippen LogP) is 0.452. The van der Waals surface area contributed by atoms with Crippen LogP contribution in [0, 0.1) is 0 Å². The molecule has 1 N–H and O–H groups in total. The van der Waals surface area contributed by atoms with Crippen molar-refractivity contribution < 1.29 is 38.5 Å². The number of carbonyl (C=O) groups excluding carboxylic acids is 4. The van der Waals surface area contributed by atoms with Gasteiger partial charge in [0, 0.05) is 12.5 Å². The van der Waals surface area contributed by atoms with Crippen LogP contribution in [0.2, 0.25) is 0 Å². The van der Waals surface area contributed by atoms with E-state index in [-0.39, 0.29) is 19.3 Å². The molecule has 1 heterocycles. The molecule has 0 aromatic rings. The first kappa shape index (κ1) is 19.8. The van der Waals surface area contributed by atoms with Crippen molar-refractivity contribution in [3.8, 4) is 0 Å². The maximum absolute atomic E-state index is 11.8. The number of Topliss-reactive ketones (excluding diaryl/α,β-unsaturated/α-hetero) is 1. The molecule has 8 heteroatoms. The highest BCUT2D eigenvalue weighted by molar-refractivity contribution is 5.88. The molecule has 1 aliphatic rings. The average Bonchev–Trinajstić information content (AvgIpc) is 2.48. The Labute approximate surface area is 139 Å². The SMILES string of the molecule is CC1CC(=O)OC(C)C(=O)CCC(=O)OC(C)[C@H](O)/C=C/C(=O)O1. The molecule has 1 rings (SSSR count). The van der Waals surface area contributed by atoms with Crippen LogP contribution in [-0.2, 0) is 33.4 Å². The number of carbonyl (C=O) groups is 4. The molecule has 3 unspecified atom stereocenters. The van der Waals surface area contributed by atoms with E-state index < -0.39 is 48.1 Å². The van der Waals surface area contributed by atoms with Gasteiger partial charge in [0.15, 0.2) is 11.9 Å². The molecule has 8 nitrogen and oxygen atoms in total. The van der Waals surface area contributed by atoms with Gasteiger partial charge in [-0.25, -0.2) is 4.79 Å². The van der Waals surface area contributed by atoms with E-state index in [4.69, 9.17) is 14.2 Å². The highest BCUT2D eigenvalue weighted by Gasteiger charge is 2.23. The average molecular weight is 342 g/mol. The summed E-state index contributed by atoms with van der Waals surface area (Å²) in [5.74, 6) is -2.55. The van der Waals surface area contributed by atoms with Crippen LogP contribution >= 0.6 is 0 Å². The third-order valence-corrected chi connectivity index (χ3v) is 3.34. The number of aliphatic hydroxyl groups excluding tert-OH is 1. The van der Waals surface area contributed by atoms with Crippen LogP contribution in [0.5, 0.6) is 0 Å². The van der Waals surface area contributed by atoms with Gasteiger partial charge >= 0.3 is 17.9 Å². The smallest absolute Gasteiger partial charge is 0.330 e. The second-order valence-electron chi connectivity index (χ2n) is 5.59. The molecule has 0 spiro atoms. The first-order chi connectivity index (χ1) is 11.2. The molecule has 0 aliphatic carbocycles. The van der Waals surface area contributed by atoms with E-state index >= 15 is 0 Å². The second kappa shape index (κ2) is 9.17. The fourth-order valence-electron chi connectivity index (χ4n) is 1.92. The first-order valence-electron chi connectivity index (χ1n) is 7.67. The minimum atomic E-state index is -1.20. The van der Waals surface area contributed by atoms with Gasteiger partial charge in [0.05, 0.1) is 12.8 Å². The number of ketones is 1. The number of rotatable bonds is 0. The van der Waals surface area contributed by atoms with Crippen molar-refractivity contribution in [1.82, 2.24) is 0 Å². The Balaban J connectivity index is 2.85. The highest BCUT2D eigenvalue weighted by atomic mass is 16.6. The van der Waals surface area contributed by atoms with Crippen LogP contribution in [0.3, 0.4) is 0 Å². The Hall–Kier alpha value is -2.22. The van der Waals surface area contributed by atoms with Crippen LogP contribution in [-0.4, -0.2) is 53.2 Å². The lowest BCUT2D eigenvalue weighted by Crippen LogP contribution is -2.30. The predicted molar refractivity (Wildman–Crippen MR) is 80.7 cm³/mol. The molecule has 0 radical (unpaired) electrons. The van der Waals surface area contributed by atoms with E-state index in [2.05, 4.69) is 0 Å². The normalized spacial score (nSPS) is 32.5. The van der Waals surface area contributed by atoms with Gasteiger partial charge in [-0.2, -0.15) is 0 Å². The zero-order chi connectivity index (χ0) is 18.3. The third-order valence-electron chi connectivity index (χ3n) is 3.34. The van der Waals surface area contributed by atoms with Crippen LogP contribution in [0.15, 0.2) is 12.2 Å².